The van der Waals surface area contributed by atoms with Crippen LogP contribution in [-0.4, -0.2) is 33.2 Å². The summed E-state index contributed by atoms with van der Waals surface area (Å²) in [5.41, 5.74) is 1.34. The van der Waals surface area contributed by atoms with Crippen molar-refractivity contribution >= 4 is 22.8 Å². The minimum absolute atomic E-state index is 0.0975. The molecule has 0 aliphatic rings. The van der Waals surface area contributed by atoms with Gasteiger partial charge in [0.1, 0.15) is 0 Å². The Hall–Kier alpha value is -2.37. The van der Waals surface area contributed by atoms with Gasteiger partial charge in [-0.15, -0.1) is 0 Å². The molecule has 6 heteroatoms. The van der Waals surface area contributed by atoms with Crippen molar-refractivity contribution in [1.29, 1.82) is 0 Å². The maximum atomic E-state index is 11.9. The lowest BCUT2D eigenvalue weighted by Crippen LogP contribution is -2.34. The van der Waals surface area contributed by atoms with Gasteiger partial charge in [-0.2, -0.15) is 5.10 Å². The second-order valence-corrected chi connectivity index (χ2v) is 4.14. The molecular formula is C12H13N3O3. The van der Waals surface area contributed by atoms with E-state index in [0.717, 1.165) is 10.9 Å². The molecule has 94 valence electrons. The van der Waals surface area contributed by atoms with E-state index in [1.807, 2.05) is 0 Å². The summed E-state index contributed by atoms with van der Waals surface area (Å²) in [5, 5.41) is 18.8. The average Bonchev–Trinajstić information content (AvgIpc) is 2.74. The molecule has 0 saturated carbocycles. The maximum absolute atomic E-state index is 11.9. The van der Waals surface area contributed by atoms with E-state index in [-0.39, 0.29) is 12.3 Å². The number of nitrogens with one attached hydrogen (secondary N) is 2. The van der Waals surface area contributed by atoms with Crippen LogP contribution in [0.4, 0.5) is 0 Å². The highest BCUT2D eigenvalue weighted by Gasteiger charge is 2.13. The second kappa shape index (κ2) is 4.87. The van der Waals surface area contributed by atoms with Gasteiger partial charge in [0.2, 0.25) is 0 Å². The van der Waals surface area contributed by atoms with Gasteiger partial charge in [0.15, 0.2) is 0 Å². The number of nitrogens with zero attached hydrogens (tertiary/aromatic N) is 1. The molecule has 0 aliphatic heterocycles. The summed E-state index contributed by atoms with van der Waals surface area (Å²) in [7, 11) is 0. The minimum Gasteiger partial charge on any atom is -0.481 e. The number of amides is 1. The summed E-state index contributed by atoms with van der Waals surface area (Å²) in [6.45, 7) is 1.66. The van der Waals surface area contributed by atoms with Crippen LogP contribution in [0.1, 0.15) is 23.7 Å². The van der Waals surface area contributed by atoms with E-state index < -0.39 is 12.0 Å². The van der Waals surface area contributed by atoms with Crippen molar-refractivity contribution in [3.8, 4) is 0 Å². The number of H-pyrrole nitrogens is 1. The molecule has 18 heavy (non-hydrogen) atoms. The Morgan fingerprint density at radius 3 is 3.00 bits per heavy atom. The maximum Gasteiger partial charge on any atom is 0.305 e. The quantitative estimate of drug-likeness (QED) is 0.755. The number of hydrogen-bond donors (Lipinski definition) is 3. The van der Waals surface area contributed by atoms with Crippen LogP contribution in [0.2, 0.25) is 0 Å². The van der Waals surface area contributed by atoms with Crippen LogP contribution < -0.4 is 5.32 Å². The lowest BCUT2D eigenvalue weighted by atomic mass is 10.1. The Balaban J connectivity index is 2.10. The van der Waals surface area contributed by atoms with Gasteiger partial charge in [0, 0.05) is 17.0 Å². The molecule has 1 amide bonds. The molecule has 2 aromatic rings. The highest BCUT2D eigenvalue weighted by atomic mass is 16.4. The van der Waals surface area contributed by atoms with Crippen molar-refractivity contribution in [3.63, 3.8) is 0 Å². The molecule has 0 bridgehead atoms. The molecule has 3 N–H and O–H groups in total. The van der Waals surface area contributed by atoms with E-state index in [9.17, 15) is 9.59 Å². The molecule has 0 spiro atoms. The molecule has 0 saturated heterocycles. The number of aromatic amines is 1. The van der Waals surface area contributed by atoms with E-state index in [1.165, 1.54) is 0 Å². The van der Waals surface area contributed by atoms with Gasteiger partial charge in [-0.05, 0) is 25.1 Å². The third-order valence-electron chi connectivity index (χ3n) is 2.56. The van der Waals surface area contributed by atoms with Crippen molar-refractivity contribution in [1.82, 2.24) is 15.5 Å². The van der Waals surface area contributed by atoms with Crippen molar-refractivity contribution in [3.05, 3.63) is 30.0 Å². The Morgan fingerprint density at radius 2 is 2.28 bits per heavy atom. The Labute approximate surface area is 103 Å². The molecule has 0 radical (unpaired) electrons. The van der Waals surface area contributed by atoms with Gasteiger partial charge >= 0.3 is 5.97 Å². The number of carbonyl (C=O) groups excluding carboxylic acids is 1. The van der Waals surface area contributed by atoms with Gasteiger partial charge in [-0.1, -0.05) is 0 Å². The first-order chi connectivity index (χ1) is 8.56. The summed E-state index contributed by atoms with van der Waals surface area (Å²) >= 11 is 0. The van der Waals surface area contributed by atoms with E-state index in [1.54, 1.807) is 31.3 Å². The first kappa shape index (κ1) is 12.1. The number of hydrogen-bond acceptors (Lipinski definition) is 3. The fraction of sp³-hybridized carbons (Fsp3) is 0.250. The van der Waals surface area contributed by atoms with Crippen molar-refractivity contribution in [2.75, 3.05) is 0 Å². The van der Waals surface area contributed by atoms with E-state index >= 15 is 0 Å². The standard InChI is InChI=1S/C12H13N3O3/c1-7(4-11(16)17)14-12(18)8-2-3-10-9(5-8)6-13-15-10/h2-3,5-7H,4H2,1H3,(H,13,15)(H,14,18)(H,16,17)/t7-/m1/s1. The van der Waals surface area contributed by atoms with Crippen LogP contribution in [-0.2, 0) is 4.79 Å². The zero-order valence-corrected chi connectivity index (χ0v) is 9.80. The number of benzene rings is 1. The monoisotopic (exact) mass is 247 g/mol. The SMILES string of the molecule is C[C@H](CC(=O)O)NC(=O)c1ccc2[nH]ncc2c1. The van der Waals surface area contributed by atoms with Gasteiger partial charge in [0.25, 0.3) is 5.91 Å². The summed E-state index contributed by atoms with van der Waals surface area (Å²) in [6.07, 6.45) is 1.53. The van der Waals surface area contributed by atoms with Crippen LogP contribution in [0.15, 0.2) is 24.4 Å². The van der Waals surface area contributed by atoms with Crippen LogP contribution in [0.25, 0.3) is 10.9 Å². The predicted molar refractivity (Wildman–Crippen MR) is 65.3 cm³/mol. The molecule has 1 atom stereocenters. The molecular weight excluding hydrogens is 234 g/mol. The van der Waals surface area contributed by atoms with Crippen molar-refractivity contribution in [2.45, 2.75) is 19.4 Å². The van der Waals surface area contributed by atoms with Crippen molar-refractivity contribution in [2.24, 2.45) is 0 Å². The van der Waals surface area contributed by atoms with E-state index in [2.05, 4.69) is 15.5 Å². The number of carboxylic acid groups (broad SMARTS) is 1. The Bertz CT molecular complexity index is 591. The number of carboxylic acids is 1. The fourth-order valence-corrected chi connectivity index (χ4v) is 1.70. The zero-order chi connectivity index (χ0) is 13.1. The highest BCUT2D eigenvalue weighted by molar-refractivity contribution is 5.98. The third-order valence-corrected chi connectivity index (χ3v) is 2.56. The Morgan fingerprint density at radius 1 is 1.50 bits per heavy atom. The molecule has 0 aliphatic carbocycles. The normalized spacial score (nSPS) is 12.3. The first-order valence-corrected chi connectivity index (χ1v) is 5.52. The highest BCUT2D eigenvalue weighted by Crippen LogP contribution is 2.12. The summed E-state index contributed by atoms with van der Waals surface area (Å²) in [5.74, 6) is -1.22. The Kier molecular flexibility index (Phi) is 3.27. The van der Waals surface area contributed by atoms with Crippen molar-refractivity contribution < 1.29 is 14.7 Å². The predicted octanol–water partition coefficient (Wildman–Crippen LogP) is 1.16. The topological polar surface area (TPSA) is 95.1 Å². The lowest BCUT2D eigenvalue weighted by molar-refractivity contribution is -0.137. The second-order valence-electron chi connectivity index (χ2n) is 4.14. The lowest BCUT2D eigenvalue weighted by Gasteiger charge is -2.11. The number of carbonyl (C=O) groups is 2. The molecule has 2 rings (SSSR count). The smallest absolute Gasteiger partial charge is 0.305 e. The molecule has 1 aromatic heterocycles. The average molecular weight is 247 g/mol. The van der Waals surface area contributed by atoms with Gasteiger partial charge in [-0.25, -0.2) is 0 Å². The van der Waals surface area contributed by atoms with Crippen LogP contribution in [0.3, 0.4) is 0 Å². The van der Waals surface area contributed by atoms with Gasteiger partial charge < -0.3 is 10.4 Å². The van der Waals surface area contributed by atoms with Crippen LogP contribution in [0, 0.1) is 0 Å². The molecule has 1 heterocycles. The summed E-state index contributed by atoms with van der Waals surface area (Å²) < 4.78 is 0. The van der Waals surface area contributed by atoms with E-state index in [4.69, 9.17) is 5.11 Å². The van der Waals surface area contributed by atoms with E-state index in [0.29, 0.717) is 5.56 Å². The fourth-order valence-electron chi connectivity index (χ4n) is 1.70. The molecule has 6 nitrogen and oxygen atoms in total. The van der Waals surface area contributed by atoms with Gasteiger partial charge in [-0.3, -0.25) is 14.7 Å². The number of aromatic nitrogens is 2. The van der Waals surface area contributed by atoms with Crippen LogP contribution in [0.5, 0.6) is 0 Å². The molecule has 1 aromatic carbocycles. The minimum atomic E-state index is -0.937. The molecule has 0 unspecified atom stereocenters. The number of rotatable bonds is 4. The van der Waals surface area contributed by atoms with Crippen LogP contribution >= 0.6 is 0 Å². The first-order valence-electron chi connectivity index (χ1n) is 5.52. The largest absolute Gasteiger partial charge is 0.481 e. The van der Waals surface area contributed by atoms with Gasteiger partial charge in [0.05, 0.1) is 18.1 Å². The number of aliphatic carboxylic acids is 1. The molecule has 0 fully saturated rings. The third kappa shape index (κ3) is 2.65. The summed E-state index contributed by atoms with van der Waals surface area (Å²) in [6, 6.07) is 4.74. The summed E-state index contributed by atoms with van der Waals surface area (Å²) in [4.78, 5) is 22.4. The number of fused-ring (bicyclic) bond motifs is 1. The zero-order valence-electron chi connectivity index (χ0n) is 9.80.